The van der Waals surface area contributed by atoms with E-state index in [1.165, 1.54) is 6.08 Å². The zero-order valence-electron chi connectivity index (χ0n) is 18.2. The highest BCUT2D eigenvalue weighted by Gasteiger charge is 2.19. The lowest BCUT2D eigenvalue weighted by atomic mass is 10.2. The minimum atomic E-state index is -0.342. The maximum absolute atomic E-state index is 10.8. The highest BCUT2D eigenvalue weighted by atomic mass is 33.1. The van der Waals surface area contributed by atoms with E-state index < -0.39 is 0 Å². The molecule has 2 unspecified atom stereocenters. The molecule has 28 heavy (non-hydrogen) atoms. The van der Waals surface area contributed by atoms with Crippen molar-refractivity contribution in [1.29, 1.82) is 0 Å². The lowest BCUT2D eigenvalue weighted by Crippen LogP contribution is -2.28. The van der Waals surface area contributed by atoms with Crippen LogP contribution in [0.3, 0.4) is 0 Å². The number of aliphatic hydroxyl groups excluding tert-OH is 2. The molecule has 1 rings (SSSR count). The minimum Gasteiger partial charge on any atom is -0.395 e. The predicted octanol–water partition coefficient (Wildman–Crippen LogP) is 3.71. The fourth-order valence-corrected chi connectivity index (χ4v) is 3.94. The van der Waals surface area contributed by atoms with Crippen LogP contribution in [0.25, 0.3) is 0 Å². The van der Waals surface area contributed by atoms with Gasteiger partial charge in [-0.3, -0.25) is 14.9 Å². The molecule has 0 aromatic rings. The summed E-state index contributed by atoms with van der Waals surface area (Å²) in [5.74, 6) is 0.281. The summed E-state index contributed by atoms with van der Waals surface area (Å²) in [5, 5.41) is 19.2. The van der Waals surface area contributed by atoms with E-state index >= 15 is 0 Å². The van der Waals surface area contributed by atoms with E-state index in [4.69, 9.17) is 14.9 Å². The summed E-state index contributed by atoms with van der Waals surface area (Å²) in [5.41, 5.74) is 0. The number of carbonyl (C=O) groups excluding carboxylic acids is 2. The summed E-state index contributed by atoms with van der Waals surface area (Å²) < 4.78 is 5.58. The molecule has 0 saturated carbocycles. The average Bonchev–Trinajstić information content (AvgIpc) is 3.01. The highest BCUT2D eigenvalue weighted by molar-refractivity contribution is 8.77. The van der Waals surface area contributed by atoms with Gasteiger partial charge in [-0.15, -0.1) is 0 Å². The molecule has 0 aromatic heterocycles. The van der Waals surface area contributed by atoms with Crippen LogP contribution in [-0.2, 0) is 14.3 Å². The van der Waals surface area contributed by atoms with Crippen molar-refractivity contribution in [3.05, 3.63) is 12.2 Å². The Morgan fingerprint density at radius 2 is 1.89 bits per heavy atom. The summed E-state index contributed by atoms with van der Waals surface area (Å²) in [6, 6.07) is 0. The maximum atomic E-state index is 10.8. The Labute approximate surface area is 178 Å². The van der Waals surface area contributed by atoms with Gasteiger partial charge in [-0.05, 0) is 39.2 Å². The molecule has 2 amide bonds. The van der Waals surface area contributed by atoms with E-state index in [9.17, 15) is 9.59 Å². The van der Waals surface area contributed by atoms with Gasteiger partial charge in [-0.25, -0.2) is 0 Å². The fourth-order valence-electron chi connectivity index (χ4n) is 1.90. The summed E-state index contributed by atoms with van der Waals surface area (Å²) in [6.07, 6.45) is 6.71. The van der Waals surface area contributed by atoms with E-state index in [2.05, 4.69) is 26.1 Å². The van der Waals surface area contributed by atoms with Crippen molar-refractivity contribution < 1.29 is 24.5 Å². The van der Waals surface area contributed by atoms with Gasteiger partial charge in [0.15, 0.2) is 0 Å². The number of hydrogen-bond acceptors (Lipinski definition) is 7. The molecule has 1 aliphatic rings. The van der Waals surface area contributed by atoms with Gasteiger partial charge in [0.1, 0.15) is 0 Å². The summed E-state index contributed by atoms with van der Waals surface area (Å²) >= 11 is 0. The first kappa shape index (κ1) is 29.7. The number of allylic oxidation sites excluding steroid dienone is 1. The van der Waals surface area contributed by atoms with Crippen LogP contribution in [0.5, 0.6) is 0 Å². The molecule has 0 aliphatic carbocycles. The third kappa shape index (κ3) is 21.8. The smallest absolute Gasteiger partial charge is 0.250 e. The number of aliphatic hydroxyl groups is 2. The van der Waals surface area contributed by atoms with E-state index in [1.807, 2.05) is 24.6 Å². The predicted molar refractivity (Wildman–Crippen MR) is 120 cm³/mol. The first-order chi connectivity index (χ1) is 13.1. The van der Waals surface area contributed by atoms with Gasteiger partial charge in [0.25, 0.3) is 0 Å². The molecular formula is C20H39NO5S2. The molecule has 1 saturated heterocycles. The Morgan fingerprint density at radius 3 is 2.25 bits per heavy atom. The molecule has 0 spiro atoms. The van der Waals surface area contributed by atoms with Crippen LogP contribution in [0.4, 0.5) is 0 Å². The molecular weight excluding hydrogens is 398 g/mol. The Kier molecular flexibility index (Phi) is 19.6. The Morgan fingerprint density at radius 1 is 1.25 bits per heavy atom. The monoisotopic (exact) mass is 437 g/mol. The van der Waals surface area contributed by atoms with Gasteiger partial charge in [0.2, 0.25) is 11.8 Å². The molecule has 0 bridgehead atoms. The largest absolute Gasteiger partial charge is 0.395 e. The Hall–Kier alpha value is -0.540. The zero-order chi connectivity index (χ0) is 22.0. The van der Waals surface area contributed by atoms with Gasteiger partial charge in [-0.1, -0.05) is 55.4 Å². The topological polar surface area (TPSA) is 95.9 Å². The van der Waals surface area contributed by atoms with Crippen LogP contribution < -0.4 is 5.32 Å². The van der Waals surface area contributed by atoms with Crippen LogP contribution in [0.2, 0.25) is 0 Å². The SMILES string of the molecule is C/C=C\C(=O)NC(=O)CCC.CC(C)(C)SSCCO.CC1CCC(CO)O1. The second-order valence-corrected chi connectivity index (χ2v) is 10.5. The van der Waals surface area contributed by atoms with E-state index in [-0.39, 0.29) is 31.1 Å². The van der Waals surface area contributed by atoms with Gasteiger partial charge in [0.05, 0.1) is 25.4 Å². The average molecular weight is 438 g/mol. The van der Waals surface area contributed by atoms with Gasteiger partial charge < -0.3 is 14.9 Å². The number of imide groups is 1. The number of carbonyl (C=O) groups is 2. The van der Waals surface area contributed by atoms with Crippen LogP contribution in [-0.4, -0.2) is 57.9 Å². The standard InChI is InChI=1S/C8H13NO2.C6H12O2.C6H14OS2/c1-3-5-7(10)9-8(11)6-4-2;1-5-2-3-6(4-7)8-5;1-6(2,3)9-8-5-4-7/h3,5H,4,6H2,1-2H3,(H,9,10,11);5-7H,2-4H2,1H3;7H,4-5H2,1-3H3/b5-3-;;. The first-order valence-electron chi connectivity index (χ1n) is 9.73. The molecule has 0 radical (unpaired) electrons. The van der Waals surface area contributed by atoms with Crippen molar-refractivity contribution in [2.24, 2.45) is 0 Å². The molecule has 1 fully saturated rings. The molecule has 8 heteroatoms. The second-order valence-electron chi connectivity index (χ2n) is 7.23. The van der Waals surface area contributed by atoms with Gasteiger partial charge >= 0.3 is 0 Å². The van der Waals surface area contributed by atoms with Crippen LogP contribution >= 0.6 is 21.6 Å². The normalized spacial score (nSPS) is 18.7. The quantitative estimate of drug-likeness (QED) is 0.317. The molecule has 3 N–H and O–H groups in total. The molecule has 1 aliphatic heterocycles. The van der Waals surface area contributed by atoms with Crippen molar-refractivity contribution >= 4 is 33.4 Å². The van der Waals surface area contributed by atoms with E-state index in [1.54, 1.807) is 23.8 Å². The fraction of sp³-hybridized carbons (Fsp3) is 0.800. The van der Waals surface area contributed by atoms with E-state index in [0.717, 1.165) is 25.0 Å². The second kappa shape index (κ2) is 18.5. The number of amides is 2. The minimum absolute atomic E-state index is 0.130. The zero-order valence-corrected chi connectivity index (χ0v) is 19.8. The molecule has 166 valence electrons. The van der Waals surface area contributed by atoms with Gasteiger partial charge in [-0.2, -0.15) is 0 Å². The third-order valence-corrected chi connectivity index (χ3v) is 6.39. The number of ether oxygens (including phenoxy) is 1. The molecule has 1 heterocycles. The molecule has 6 nitrogen and oxygen atoms in total. The Bertz CT molecular complexity index is 439. The van der Waals surface area contributed by atoms with E-state index in [0.29, 0.717) is 17.3 Å². The van der Waals surface area contributed by atoms with Crippen LogP contribution in [0.15, 0.2) is 12.2 Å². The summed E-state index contributed by atoms with van der Waals surface area (Å²) in [6.45, 7) is 12.6. The number of nitrogens with one attached hydrogen (secondary N) is 1. The molecule has 2 atom stereocenters. The van der Waals surface area contributed by atoms with Gasteiger partial charge in [0, 0.05) is 16.9 Å². The Balaban J connectivity index is 0. The van der Waals surface area contributed by atoms with Crippen LogP contribution in [0.1, 0.15) is 67.2 Å². The maximum Gasteiger partial charge on any atom is 0.250 e. The first-order valence-corrected chi connectivity index (χ1v) is 12.1. The number of rotatable bonds is 7. The van der Waals surface area contributed by atoms with Crippen molar-refractivity contribution in [2.45, 2.75) is 84.2 Å². The summed E-state index contributed by atoms with van der Waals surface area (Å²) in [7, 11) is 3.54. The number of hydrogen-bond donors (Lipinski definition) is 3. The van der Waals surface area contributed by atoms with Crippen molar-refractivity contribution in [2.75, 3.05) is 19.0 Å². The van der Waals surface area contributed by atoms with Crippen molar-refractivity contribution in [3.63, 3.8) is 0 Å². The lowest BCUT2D eigenvalue weighted by Gasteiger charge is -2.15. The third-order valence-electron chi connectivity index (χ3n) is 3.06. The van der Waals surface area contributed by atoms with Crippen molar-refractivity contribution in [3.8, 4) is 0 Å². The lowest BCUT2D eigenvalue weighted by molar-refractivity contribution is -0.128. The van der Waals surface area contributed by atoms with Crippen LogP contribution in [0, 0.1) is 0 Å². The molecule has 0 aromatic carbocycles. The van der Waals surface area contributed by atoms with Crippen molar-refractivity contribution in [1.82, 2.24) is 5.32 Å². The highest BCUT2D eigenvalue weighted by Crippen LogP contribution is 2.34. The summed E-state index contributed by atoms with van der Waals surface area (Å²) in [4.78, 5) is 21.5.